The van der Waals surface area contributed by atoms with Crippen molar-refractivity contribution >= 4 is 0 Å². The molecule has 4 fully saturated rings. The first-order chi connectivity index (χ1) is 5.15. The molecule has 0 aromatic carbocycles. The predicted molar refractivity (Wildman–Crippen MR) is 46.3 cm³/mol. The van der Waals surface area contributed by atoms with E-state index < -0.39 is 0 Å². The third kappa shape index (κ3) is 0.588. The van der Waals surface area contributed by atoms with E-state index in [4.69, 9.17) is 0 Å². The van der Waals surface area contributed by atoms with Crippen molar-refractivity contribution < 1.29 is 0 Å². The van der Waals surface area contributed by atoms with E-state index in [1.807, 2.05) is 0 Å². The Kier molecular flexibility index (Phi) is 0.906. The van der Waals surface area contributed by atoms with E-state index in [0.29, 0.717) is 0 Å². The van der Waals surface area contributed by atoms with E-state index in [-0.39, 0.29) is 0 Å². The van der Waals surface area contributed by atoms with Crippen molar-refractivity contribution in [2.45, 2.75) is 46.0 Å². The molecule has 0 heteroatoms. The zero-order valence-corrected chi connectivity index (χ0v) is 7.69. The van der Waals surface area contributed by atoms with Gasteiger partial charge in [0.2, 0.25) is 0 Å². The highest BCUT2D eigenvalue weighted by atomic mass is 14.7. The van der Waals surface area contributed by atoms with Crippen LogP contribution in [0.1, 0.15) is 46.0 Å². The summed E-state index contributed by atoms with van der Waals surface area (Å²) in [6.45, 7) is 5.01. The second kappa shape index (κ2) is 1.53. The molecule has 4 aliphatic rings. The maximum atomic E-state index is 2.51. The quantitative estimate of drug-likeness (QED) is 0.497. The Bertz CT molecular complexity index is 194. The van der Waals surface area contributed by atoms with Crippen molar-refractivity contribution in [3.05, 3.63) is 0 Å². The lowest BCUT2D eigenvalue weighted by molar-refractivity contribution is -0.116. The van der Waals surface area contributed by atoms with Crippen LogP contribution in [-0.4, -0.2) is 0 Å². The molecule has 0 radical (unpaired) electrons. The molecule has 0 aromatic rings. The molecule has 0 heterocycles. The van der Waals surface area contributed by atoms with Crippen molar-refractivity contribution in [1.82, 2.24) is 0 Å². The van der Waals surface area contributed by atoms with Crippen molar-refractivity contribution in [2.75, 3.05) is 0 Å². The van der Waals surface area contributed by atoms with E-state index in [9.17, 15) is 0 Å². The van der Waals surface area contributed by atoms with Crippen LogP contribution in [0.25, 0.3) is 0 Å². The average Bonchev–Trinajstić information content (AvgIpc) is 2.69. The Morgan fingerprint density at radius 1 is 1.09 bits per heavy atom. The smallest absolute Gasteiger partial charge is 0.0263 e. The Hall–Kier alpha value is 0. The second-order valence-electron chi connectivity index (χ2n) is 5.71. The van der Waals surface area contributed by atoms with Gasteiger partial charge >= 0.3 is 0 Å². The van der Waals surface area contributed by atoms with E-state index in [1.165, 1.54) is 0 Å². The van der Waals surface area contributed by atoms with Gasteiger partial charge in [0, 0.05) is 0 Å². The molecule has 0 unspecified atom stereocenters. The number of rotatable bonds is 0. The summed E-state index contributed by atoms with van der Waals surface area (Å²) < 4.78 is 0. The highest BCUT2D eigenvalue weighted by Gasteiger charge is 2.65. The zero-order chi connectivity index (χ0) is 7.69. The number of hydrogen-bond acceptors (Lipinski definition) is 0. The van der Waals surface area contributed by atoms with E-state index >= 15 is 0 Å². The molecule has 62 valence electrons. The molecule has 11 heavy (non-hydrogen) atoms. The molecule has 0 amide bonds. The van der Waals surface area contributed by atoms with Crippen molar-refractivity contribution in [3.63, 3.8) is 0 Å². The fraction of sp³-hybridized carbons (Fsp3) is 1.00. The van der Waals surface area contributed by atoms with Crippen molar-refractivity contribution in [3.8, 4) is 0 Å². The third-order valence-corrected chi connectivity index (χ3v) is 5.09. The molecule has 0 nitrogen and oxygen atoms in total. The number of fused-ring (bicyclic) bond motifs is 1. The van der Waals surface area contributed by atoms with Gasteiger partial charge in [-0.25, -0.2) is 0 Å². The summed E-state index contributed by atoms with van der Waals surface area (Å²) in [5.74, 6) is 2.22. The zero-order valence-electron chi connectivity index (χ0n) is 7.69. The summed E-state index contributed by atoms with van der Waals surface area (Å²) in [6.07, 6.45) is 7.82. The van der Waals surface area contributed by atoms with Gasteiger partial charge in [-0.15, -0.1) is 0 Å². The van der Waals surface area contributed by atoms with Gasteiger partial charge in [0.15, 0.2) is 0 Å². The molecule has 0 aromatic heterocycles. The predicted octanol–water partition coefficient (Wildman–Crippen LogP) is 3.22. The maximum absolute atomic E-state index is 2.51. The minimum Gasteiger partial charge on any atom is -0.0594 e. The average molecular weight is 150 g/mol. The molecular formula is C11H18. The van der Waals surface area contributed by atoms with Crippen molar-refractivity contribution in [1.29, 1.82) is 0 Å². The van der Waals surface area contributed by atoms with Crippen molar-refractivity contribution in [2.24, 2.45) is 22.7 Å². The van der Waals surface area contributed by atoms with Crippen LogP contribution in [0.2, 0.25) is 0 Å². The second-order valence-corrected chi connectivity index (χ2v) is 5.71. The van der Waals surface area contributed by atoms with Crippen LogP contribution in [0, 0.1) is 22.7 Å². The Labute approximate surface area is 69.4 Å². The largest absolute Gasteiger partial charge is 0.0594 e. The minimum atomic E-state index is 0.731. The first-order valence-corrected chi connectivity index (χ1v) is 5.15. The molecular weight excluding hydrogens is 132 g/mol. The van der Waals surface area contributed by atoms with Gasteiger partial charge < -0.3 is 0 Å². The molecule has 0 saturated heterocycles. The fourth-order valence-electron chi connectivity index (χ4n) is 3.94. The van der Waals surface area contributed by atoms with Crippen LogP contribution in [0.15, 0.2) is 0 Å². The van der Waals surface area contributed by atoms with Gasteiger partial charge in [0.05, 0.1) is 0 Å². The van der Waals surface area contributed by atoms with Gasteiger partial charge in [0.1, 0.15) is 0 Å². The lowest BCUT2D eigenvalue weighted by Crippen LogP contribution is -2.53. The SMILES string of the molecule is CC1(C)[C@@H]2CCC3(CC3)[C@H]1C2. The topological polar surface area (TPSA) is 0 Å². The van der Waals surface area contributed by atoms with Crippen LogP contribution in [0.5, 0.6) is 0 Å². The van der Waals surface area contributed by atoms with E-state index in [2.05, 4.69) is 13.8 Å². The first-order valence-electron chi connectivity index (χ1n) is 5.15. The standard InChI is InChI=1S/C11H18/c1-10(2)8-3-4-11(5-6-11)9(10)7-8/h8-9H,3-7H2,1-2H3/t8-,9+/m1/s1. The van der Waals surface area contributed by atoms with E-state index in [0.717, 1.165) is 22.7 Å². The van der Waals surface area contributed by atoms with Gasteiger partial charge in [-0.3, -0.25) is 0 Å². The lowest BCUT2D eigenvalue weighted by atomic mass is 9.44. The van der Waals surface area contributed by atoms with Gasteiger partial charge in [0.25, 0.3) is 0 Å². The van der Waals surface area contributed by atoms with Gasteiger partial charge in [-0.1, -0.05) is 13.8 Å². The van der Waals surface area contributed by atoms with Crippen LogP contribution in [0.3, 0.4) is 0 Å². The van der Waals surface area contributed by atoms with Gasteiger partial charge in [-0.2, -0.15) is 0 Å². The monoisotopic (exact) mass is 150 g/mol. The van der Waals surface area contributed by atoms with E-state index in [1.54, 1.807) is 32.1 Å². The van der Waals surface area contributed by atoms with Crippen LogP contribution in [0.4, 0.5) is 0 Å². The molecule has 4 aliphatic carbocycles. The first kappa shape index (κ1) is 6.51. The maximum Gasteiger partial charge on any atom is -0.0263 e. The third-order valence-electron chi connectivity index (χ3n) is 5.09. The normalized spacial score (nSPS) is 48.5. The Balaban J connectivity index is 1.94. The molecule has 0 N–H and O–H groups in total. The molecule has 1 spiro atoms. The fourth-order valence-corrected chi connectivity index (χ4v) is 3.94. The molecule has 2 atom stereocenters. The summed E-state index contributed by atoms with van der Waals surface area (Å²) in [6, 6.07) is 0. The number of hydrogen-bond donors (Lipinski definition) is 0. The summed E-state index contributed by atoms with van der Waals surface area (Å²) >= 11 is 0. The van der Waals surface area contributed by atoms with Crippen LogP contribution < -0.4 is 0 Å². The van der Waals surface area contributed by atoms with Crippen LogP contribution >= 0.6 is 0 Å². The Morgan fingerprint density at radius 2 is 1.82 bits per heavy atom. The molecule has 0 aliphatic heterocycles. The highest BCUT2D eigenvalue weighted by molar-refractivity contribution is 5.14. The highest BCUT2D eigenvalue weighted by Crippen LogP contribution is 2.74. The van der Waals surface area contributed by atoms with Crippen LogP contribution in [-0.2, 0) is 0 Å². The summed E-state index contributed by atoms with van der Waals surface area (Å²) in [7, 11) is 0. The molecule has 4 rings (SSSR count). The lowest BCUT2D eigenvalue weighted by Gasteiger charge is -2.61. The summed E-state index contributed by atoms with van der Waals surface area (Å²) in [4.78, 5) is 0. The summed E-state index contributed by atoms with van der Waals surface area (Å²) in [5.41, 5.74) is 1.62. The molecule has 4 saturated carbocycles. The summed E-state index contributed by atoms with van der Waals surface area (Å²) in [5, 5.41) is 0. The van der Waals surface area contributed by atoms with Gasteiger partial charge in [-0.05, 0) is 54.8 Å². The minimum absolute atomic E-state index is 0.731. The molecule has 2 bridgehead atoms. The Morgan fingerprint density at radius 3 is 2.18 bits per heavy atom.